The van der Waals surface area contributed by atoms with Crippen LogP contribution in [0.15, 0.2) is 42.5 Å². The summed E-state index contributed by atoms with van der Waals surface area (Å²) < 4.78 is 10.4. The number of benzene rings is 1. The van der Waals surface area contributed by atoms with Crippen molar-refractivity contribution in [1.29, 1.82) is 0 Å². The van der Waals surface area contributed by atoms with E-state index in [9.17, 15) is 9.59 Å². The molecule has 0 radical (unpaired) electrons. The molecule has 2 fully saturated rings. The summed E-state index contributed by atoms with van der Waals surface area (Å²) in [5.74, 6) is 5.04. The molecule has 1 N–H and O–H groups in total. The van der Waals surface area contributed by atoms with Gasteiger partial charge < -0.3 is 14.6 Å². The molecule has 5 heteroatoms. The zero-order valence-corrected chi connectivity index (χ0v) is 31.2. The summed E-state index contributed by atoms with van der Waals surface area (Å²) in [6.07, 6.45) is 25.7. The van der Waals surface area contributed by atoms with Crippen LogP contribution in [-0.4, -0.2) is 44.8 Å². The van der Waals surface area contributed by atoms with E-state index in [1.165, 1.54) is 114 Å². The second kappa shape index (κ2) is 24.8. The molecule has 1 aromatic rings. The molecule has 0 aromatic heterocycles. The molecule has 0 amide bonds. The first-order valence-electron chi connectivity index (χ1n) is 19.2. The van der Waals surface area contributed by atoms with E-state index in [2.05, 4.69) is 38.3 Å². The van der Waals surface area contributed by atoms with Crippen LogP contribution in [0.1, 0.15) is 134 Å². The fraction of sp³-hybridized carbons (Fsp3) is 0.721. The van der Waals surface area contributed by atoms with Crippen molar-refractivity contribution in [3.8, 4) is 0 Å². The first-order valence-corrected chi connectivity index (χ1v) is 19.2. The van der Waals surface area contributed by atoms with Crippen LogP contribution in [0.3, 0.4) is 0 Å². The van der Waals surface area contributed by atoms with E-state index >= 15 is 0 Å². The molecule has 272 valence electrons. The minimum atomic E-state index is -0.233. The Morgan fingerprint density at radius 3 is 2.02 bits per heavy atom. The van der Waals surface area contributed by atoms with Gasteiger partial charge in [-0.1, -0.05) is 88.6 Å². The summed E-state index contributed by atoms with van der Waals surface area (Å²) in [6, 6.07) is 7.35. The van der Waals surface area contributed by atoms with E-state index in [1.54, 1.807) is 18.2 Å². The molecule has 3 aliphatic carbocycles. The van der Waals surface area contributed by atoms with E-state index in [-0.39, 0.29) is 12.2 Å². The number of aldehydes is 1. The van der Waals surface area contributed by atoms with E-state index in [4.69, 9.17) is 14.6 Å². The highest BCUT2D eigenvalue weighted by Crippen LogP contribution is 2.43. The van der Waals surface area contributed by atoms with Crippen LogP contribution in [-0.2, 0) is 38.3 Å². The summed E-state index contributed by atoms with van der Waals surface area (Å²) in [6.45, 7) is 14.5. The number of methoxy groups -OCH3 is 1. The van der Waals surface area contributed by atoms with Gasteiger partial charge in [-0.3, -0.25) is 9.59 Å². The molecule has 0 bridgehead atoms. The van der Waals surface area contributed by atoms with E-state index in [1.807, 2.05) is 13.8 Å². The predicted molar refractivity (Wildman–Crippen MR) is 200 cm³/mol. The van der Waals surface area contributed by atoms with Gasteiger partial charge in [0.1, 0.15) is 6.29 Å². The van der Waals surface area contributed by atoms with Crippen LogP contribution in [0, 0.1) is 35.5 Å². The van der Waals surface area contributed by atoms with Crippen molar-refractivity contribution < 1.29 is 24.2 Å². The van der Waals surface area contributed by atoms with Crippen molar-refractivity contribution in [2.45, 2.75) is 136 Å². The summed E-state index contributed by atoms with van der Waals surface area (Å²) in [4.78, 5) is 20.1. The molecule has 1 aromatic carbocycles. The Morgan fingerprint density at radius 1 is 0.875 bits per heavy atom. The van der Waals surface area contributed by atoms with Crippen molar-refractivity contribution in [1.82, 2.24) is 0 Å². The Balaban J connectivity index is 0.000000700. The topological polar surface area (TPSA) is 72.8 Å². The number of ether oxygens (including phenoxy) is 2. The summed E-state index contributed by atoms with van der Waals surface area (Å²) in [5.41, 5.74) is 6.07. The molecule has 2 saturated carbocycles. The van der Waals surface area contributed by atoms with Crippen LogP contribution in [0.4, 0.5) is 0 Å². The van der Waals surface area contributed by atoms with Crippen molar-refractivity contribution in [3.05, 3.63) is 59.2 Å². The second-order valence-electron chi connectivity index (χ2n) is 15.4. The normalized spacial score (nSPS) is 24.0. The lowest BCUT2D eigenvalue weighted by molar-refractivity contribution is -0.130. The van der Waals surface area contributed by atoms with E-state index in [0.717, 1.165) is 36.5 Å². The first-order chi connectivity index (χ1) is 23.2. The fourth-order valence-electron chi connectivity index (χ4n) is 8.29. The van der Waals surface area contributed by atoms with Crippen molar-refractivity contribution in [2.75, 3.05) is 26.9 Å². The second-order valence-corrected chi connectivity index (χ2v) is 15.4. The zero-order valence-electron chi connectivity index (χ0n) is 31.2. The third-order valence-corrected chi connectivity index (χ3v) is 10.9. The number of carbonyl (C=O) groups is 2. The van der Waals surface area contributed by atoms with Gasteiger partial charge in [0, 0.05) is 18.6 Å². The van der Waals surface area contributed by atoms with E-state index in [0.29, 0.717) is 37.8 Å². The molecular weight excluding hydrogens is 596 g/mol. The van der Waals surface area contributed by atoms with Crippen LogP contribution in [0.2, 0.25) is 0 Å². The number of carbonyl (C=O) groups excluding carboxylic acids is 2. The number of rotatable bonds is 17. The molecule has 5 nitrogen and oxygen atoms in total. The summed E-state index contributed by atoms with van der Waals surface area (Å²) >= 11 is 0. The van der Waals surface area contributed by atoms with Crippen molar-refractivity contribution >= 4 is 12.8 Å². The van der Waals surface area contributed by atoms with Crippen LogP contribution in [0.25, 0.3) is 0 Å². The quantitative estimate of drug-likeness (QED) is 0.0775. The van der Waals surface area contributed by atoms with Crippen LogP contribution >= 0.6 is 0 Å². The maximum atomic E-state index is 10.6. The SMILES string of the molecule is C=C(C)C.C=C(C=O)CO.CCCCCC1CCC(C2CCC(CCc3ccc4c(c3)CCC(CC(COC)COC=O)C4)CC2)CC1. The standard InChI is InChI=1S/C35H56O3.C4H6O2.C4H8/c1-3-4-5-6-27-9-15-32(16-10-27)33-17-11-28(12-18-33)7-8-29-13-19-35-23-30(14-20-34(35)22-29)21-31(24-37-2)25-38-26-36;1-4(2-5)3-6;1-4(2)3/h13,19,22,26-28,30-33H,3-12,14-18,20-21,23-25H2,1-2H3;2,6H,1,3H2;1H2,2-3H3. The first kappa shape index (κ1) is 41.9. The maximum absolute atomic E-state index is 10.6. The Labute approximate surface area is 294 Å². The van der Waals surface area contributed by atoms with Gasteiger partial charge in [-0.15, -0.1) is 6.58 Å². The average Bonchev–Trinajstić information content (AvgIpc) is 3.10. The number of aliphatic hydroxyl groups excluding tert-OH is 1. The molecule has 0 aliphatic heterocycles. The largest absolute Gasteiger partial charge is 0.468 e. The van der Waals surface area contributed by atoms with Gasteiger partial charge in [-0.05, 0) is 124 Å². The van der Waals surface area contributed by atoms with Crippen LogP contribution in [0.5, 0.6) is 0 Å². The van der Waals surface area contributed by atoms with Crippen LogP contribution < -0.4 is 0 Å². The lowest BCUT2D eigenvalue weighted by Crippen LogP contribution is -2.26. The number of hydrogen-bond acceptors (Lipinski definition) is 5. The Kier molecular flexibility index (Phi) is 21.7. The molecule has 3 aliphatic rings. The monoisotopic (exact) mass is 667 g/mol. The Hall–Kier alpha value is -2.24. The summed E-state index contributed by atoms with van der Waals surface area (Å²) in [5, 5.41) is 8.00. The number of unbranched alkanes of at least 4 members (excludes halogenated alkanes) is 2. The molecular formula is C43H70O5. The average molecular weight is 667 g/mol. The Bertz CT molecular complexity index is 1040. The molecule has 2 atom stereocenters. The predicted octanol–water partition coefficient (Wildman–Crippen LogP) is 10.1. The highest BCUT2D eigenvalue weighted by atomic mass is 16.5. The number of aliphatic hydroxyl groups is 1. The van der Waals surface area contributed by atoms with Gasteiger partial charge >= 0.3 is 0 Å². The number of hydrogen-bond donors (Lipinski definition) is 1. The van der Waals surface area contributed by atoms with Gasteiger partial charge in [-0.25, -0.2) is 0 Å². The van der Waals surface area contributed by atoms with E-state index < -0.39 is 0 Å². The molecule has 2 unspecified atom stereocenters. The number of fused-ring (bicyclic) bond motifs is 1. The maximum Gasteiger partial charge on any atom is 0.293 e. The highest BCUT2D eigenvalue weighted by Gasteiger charge is 2.31. The van der Waals surface area contributed by atoms with Gasteiger partial charge in [0.25, 0.3) is 6.47 Å². The minimum absolute atomic E-state index is 0.218. The molecule has 0 heterocycles. The number of allylic oxidation sites excluding steroid dienone is 1. The minimum Gasteiger partial charge on any atom is -0.468 e. The highest BCUT2D eigenvalue weighted by molar-refractivity contribution is 5.72. The van der Waals surface area contributed by atoms with Gasteiger partial charge in [0.15, 0.2) is 0 Å². The fourth-order valence-corrected chi connectivity index (χ4v) is 8.29. The zero-order chi connectivity index (χ0) is 35.1. The molecule has 0 saturated heterocycles. The lowest BCUT2D eigenvalue weighted by Gasteiger charge is -2.38. The van der Waals surface area contributed by atoms with Crippen molar-refractivity contribution in [2.24, 2.45) is 35.5 Å². The molecule has 0 spiro atoms. The Morgan fingerprint density at radius 2 is 1.50 bits per heavy atom. The van der Waals surface area contributed by atoms with Crippen molar-refractivity contribution in [3.63, 3.8) is 0 Å². The smallest absolute Gasteiger partial charge is 0.293 e. The molecule has 48 heavy (non-hydrogen) atoms. The number of aryl methyl sites for hydroxylation is 2. The summed E-state index contributed by atoms with van der Waals surface area (Å²) in [7, 11) is 1.73. The molecule has 4 rings (SSSR count). The third-order valence-electron chi connectivity index (χ3n) is 10.9. The lowest BCUT2D eigenvalue weighted by atomic mass is 9.68. The van der Waals surface area contributed by atoms with Gasteiger partial charge in [-0.2, -0.15) is 0 Å². The van der Waals surface area contributed by atoms with Gasteiger partial charge in [0.05, 0.1) is 19.8 Å². The third kappa shape index (κ3) is 16.9. The van der Waals surface area contributed by atoms with Gasteiger partial charge in [0.2, 0.25) is 0 Å².